The van der Waals surface area contributed by atoms with Crippen LogP contribution in [0.1, 0.15) is 17.6 Å². The van der Waals surface area contributed by atoms with Gasteiger partial charge in [0, 0.05) is 4.47 Å². The van der Waals surface area contributed by atoms with Crippen LogP contribution in [0.3, 0.4) is 0 Å². The lowest BCUT2D eigenvalue weighted by molar-refractivity contribution is 0.0483. The van der Waals surface area contributed by atoms with E-state index in [1.54, 1.807) is 19.1 Å². The van der Waals surface area contributed by atoms with Crippen LogP contribution in [-0.2, 0) is 4.74 Å². The Kier molecular flexibility index (Phi) is 2.73. The van der Waals surface area contributed by atoms with Gasteiger partial charge >= 0.3 is 11.9 Å². The van der Waals surface area contributed by atoms with E-state index in [0.29, 0.717) is 17.7 Å². The Labute approximate surface area is 94.4 Å². The van der Waals surface area contributed by atoms with Gasteiger partial charge in [0.1, 0.15) is 5.52 Å². The van der Waals surface area contributed by atoms with Gasteiger partial charge in [0.25, 0.3) is 0 Å². The summed E-state index contributed by atoms with van der Waals surface area (Å²) in [6.45, 7) is 2.04. The number of esters is 1. The third-order valence-electron chi connectivity index (χ3n) is 1.80. The van der Waals surface area contributed by atoms with Crippen molar-refractivity contribution < 1.29 is 13.9 Å². The minimum absolute atomic E-state index is 0.00931. The van der Waals surface area contributed by atoms with Gasteiger partial charge in [-0.05, 0) is 25.1 Å². The van der Waals surface area contributed by atoms with Crippen LogP contribution < -0.4 is 0 Å². The Morgan fingerprint density at radius 1 is 1.60 bits per heavy atom. The molecule has 0 aliphatic carbocycles. The molecule has 0 N–H and O–H groups in total. The van der Waals surface area contributed by atoms with Gasteiger partial charge in [-0.25, -0.2) is 9.78 Å². The fraction of sp³-hybridized carbons (Fsp3) is 0.200. The van der Waals surface area contributed by atoms with E-state index in [-0.39, 0.29) is 5.89 Å². The number of aromatic nitrogens is 1. The molecule has 0 saturated carbocycles. The van der Waals surface area contributed by atoms with Gasteiger partial charge in [-0.2, -0.15) is 0 Å². The minimum atomic E-state index is -0.537. The molecule has 0 bridgehead atoms. The lowest BCUT2D eigenvalue weighted by Gasteiger charge is -1.94. The number of rotatable bonds is 2. The number of halogens is 1. The fourth-order valence-electron chi connectivity index (χ4n) is 1.18. The van der Waals surface area contributed by atoms with Crippen LogP contribution in [0.2, 0.25) is 0 Å². The van der Waals surface area contributed by atoms with Crippen LogP contribution in [0.4, 0.5) is 0 Å². The highest BCUT2D eigenvalue weighted by Crippen LogP contribution is 2.20. The van der Waals surface area contributed by atoms with Gasteiger partial charge < -0.3 is 9.15 Å². The summed E-state index contributed by atoms with van der Waals surface area (Å²) >= 11 is 3.31. The number of ether oxygens (including phenoxy) is 1. The highest BCUT2D eigenvalue weighted by atomic mass is 79.9. The maximum atomic E-state index is 11.3. The van der Waals surface area contributed by atoms with Gasteiger partial charge in [-0.3, -0.25) is 0 Å². The highest BCUT2D eigenvalue weighted by Gasteiger charge is 2.14. The molecule has 0 fully saturated rings. The second kappa shape index (κ2) is 4.02. The molecule has 0 aliphatic heterocycles. The minimum Gasteiger partial charge on any atom is -0.459 e. The van der Waals surface area contributed by atoms with Crippen molar-refractivity contribution in [2.75, 3.05) is 6.61 Å². The average molecular weight is 270 g/mol. The van der Waals surface area contributed by atoms with Crippen LogP contribution in [0.15, 0.2) is 27.1 Å². The van der Waals surface area contributed by atoms with E-state index in [2.05, 4.69) is 20.9 Å². The Bertz CT molecular complexity index is 506. The van der Waals surface area contributed by atoms with Crippen LogP contribution in [-0.4, -0.2) is 17.6 Å². The number of carbonyl (C=O) groups excluding carboxylic acids is 1. The van der Waals surface area contributed by atoms with Crippen molar-refractivity contribution in [1.82, 2.24) is 4.98 Å². The molecule has 0 radical (unpaired) electrons. The first-order valence-electron chi connectivity index (χ1n) is 4.44. The van der Waals surface area contributed by atoms with Crippen molar-refractivity contribution in [3.63, 3.8) is 0 Å². The van der Waals surface area contributed by atoms with Crippen molar-refractivity contribution in [3.05, 3.63) is 28.6 Å². The van der Waals surface area contributed by atoms with E-state index in [0.717, 1.165) is 4.47 Å². The standard InChI is InChI=1S/C10H8BrNO3/c1-2-14-10(13)9-12-7-5-6(11)3-4-8(7)15-9/h3-5H,2H2,1H3. The van der Waals surface area contributed by atoms with Crippen molar-refractivity contribution in [3.8, 4) is 0 Å². The molecule has 2 aromatic rings. The van der Waals surface area contributed by atoms with E-state index in [1.807, 2.05) is 6.07 Å². The van der Waals surface area contributed by atoms with E-state index in [1.165, 1.54) is 0 Å². The summed E-state index contributed by atoms with van der Waals surface area (Å²) < 4.78 is 10.9. The van der Waals surface area contributed by atoms with Gasteiger partial charge in [-0.15, -0.1) is 0 Å². The summed E-state index contributed by atoms with van der Waals surface area (Å²) in [5.41, 5.74) is 1.20. The predicted molar refractivity (Wildman–Crippen MR) is 57.7 cm³/mol. The van der Waals surface area contributed by atoms with Crippen molar-refractivity contribution in [2.45, 2.75) is 6.92 Å². The summed E-state index contributed by atoms with van der Waals surface area (Å²) in [5.74, 6) is -0.547. The van der Waals surface area contributed by atoms with Crippen LogP contribution in [0.5, 0.6) is 0 Å². The molecule has 2 rings (SSSR count). The van der Waals surface area contributed by atoms with Gasteiger partial charge in [-0.1, -0.05) is 15.9 Å². The van der Waals surface area contributed by atoms with Crippen molar-refractivity contribution in [1.29, 1.82) is 0 Å². The number of fused-ring (bicyclic) bond motifs is 1. The molecule has 5 heteroatoms. The molecule has 0 aliphatic rings. The van der Waals surface area contributed by atoms with Crippen LogP contribution in [0, 0.1) is 0 Å². The molecule has 1 aromatic heterocycles. The molecule has 0 unspecified atom stereocenters. The lowest BCUT2D eigenvalue weighted by atomic mass is 10.3. The number of hydrogen-bond donors (Lipinski definition) is 0. The quantitative estimate of drug-likeness (QED) is 0.787. The second-order valence-corrected chi connectivity index (χ2v) is 3.77. The molecule has 1 heterocycles. The first-order chi connectivity index (χ1) is 7.20. The average Bonchev–Trinajstić information content (AvgIpc) is 2.60. The maximum Gasteiger partial charge on any atom is 0.394 e. The molecule has 0 spiro atoms. The smallest absolute Gasteiger partial charge is 0.394 e. The predicted octanol–water partition coefficient (Wildman–Crippen LogP) is 2.77. The SMILES string of the molecule is CCOC(=O)c1nc2cc(Br)ccc2o1. The third kappa shape index (κ3) is 2.02. The summed E-state index contributed by atoms with van der Waals surface area (Å²) in [6.07, 6.45) is 0. The van der Waals surface area contributed by atoms with Crippen molar-refractivity contribution >= 4 is 33.0 Å². The van der Waals surface area contributed by atoms with Gasteiger partial charge in [0.15, 0.2) is 5.58 Å². The number of benzene rings is 1. The van der Waals surface area contributed by atoms with E-state index < -0.39 is 5.97 Å². The molecule has 15 heavy (non-hydrogen) atoms. The third-order valence-corrected chi connectivity index (χ3v) is 2.29. The zero-order valence-electron chi connectivity index (χ0n) is 7.99. The molecule has 1 aromatic carbocycles. The molecule has 4 nitrogen and oxygen atoms in total. The summed E-state index contributed by atoms with van der Waals surface area (Å²) in [7, 11) is 0. The zero-order chi connectivity index (χ0) is 10.8. The fourth-order valence-corrected chi connectivity index (χ4v) is 1.53. The first kappa shape index (κ1) is 10.2. The molecule has 78 valence electrons. The van der Waals surface area contributed by atoms with E-state index in [9.17, 15) is 4.79 Å². The summed E-state index contributed by atoms with van der Waals surface area (Å²) in [6, 6.07) is 5.35. The van der Waals surface area contributed by atoms with Crippen LogP contribution >= 0.6 is 15.9 Å². The molecular formula is C10H8BrNO3. The Balaban J connectivity index is 2.42. The van der Waals surface area contributed by atoms with Gasteiger partial charge in [0.05, 0.1) is 6.61 Å². The largest absolute Gasteiger partial charge is 0.459 e. The molecule has 0 amide bonds. The maximum absolute atomic E-state index is 11.3. The normalized spacial score (nSPS) is 10.5. The number of nitrogens with zero attached hydrogens (tertiary/aromatic N) is 1. The zero-order valence-corrected chi connectivity index (χ0v) is 9.58. The highest BCUT2D eigenvalue weighted by molar-refractivity contribution is 9.10. The Morgan fingerprint density at radius 3 is 3.13 bits per heavy atom. The van der Waals surface area contributed by atoms with Crippen molar-refractivity contribution in [2.24, 2.45) is 0 Å². The molecule has 0 saturated heterocycles. The molecular weight excluding hydrogens is 262 g/mol. The Morgan fingerprint density at radius 2 is 2.40 bits per heavy atom. The molecule has 0 atom stereocenters. The summed E-state index contributed by atoms with van der Waals surface area (Å²) in [5, 5.41) is 0. The topological polar surface area (TPSA) is 52.3 Å². The number of hydrogen-bond acceptors (Lipinski definition) is 4. The van der Waals surface area contributed by atoms with E-state index >= 15 is 0 Å². The van der Waals surface area contributed by atoms with Crippen LogP contribution in [0.25, 0.3) is 11.1 Å². The Hall–Kier alpha value is -1.36. The van der Waals surface area contributed by atoms with Gasteiger partial charge in [0.2, 0.25) is 0 Å². The number of oxazole rings is 1. The van der Waals surface area contributed by atoms with E-state index in [4.69, 9.17) is 9.15 Å². The lowest BCUT2D eigenvalue weighted by Crippen LogP contribution is -2.04. The summed E-state index contributed by atoms with van der Waals surface area (Å²) in [4.78, 5) is 15.3. The second-order valence-electron chi connectivity index (χ2n) is 2.85. The first-order valence-corrected chi connectivity index (χ1v) is 5.23. The number of carbonyl (C=O) groups is 1. The monoisotopic (exact) mass is 269 g/mol.